The predicted octanol–water partition coefficient (Wildman–Crippen LogP) is 3.63. The van der Waals surface area contributed by atoms with Gasteiger partial charge in [0, 0.05) is 23.8 Å². The molecule has 0 atom stereocenters. The maximum Gasteiger partial charge on any atom is 0.240 e. The van der Waals surface area contributed by atoms with Crippen LogP contribution in [0.4, 0.5) is 5.69 Å². The molecule has 6 nitrogen and oxygen atoms in total. The third-order valence-corrected chi connectivity index (χ3v) is 7.20. The standard InChI is InChI=1S/C19H26N2O4S/c1-3-5-8-25-13-19(6-7-19)26(23,24)21-17-10-14(12-22)9-16-15(4-2)11-20-18(16)17/h9-12,20-21H,3-8,13H2,1-2H3. The van der Waals surface area contributed by atoms with E-state index in [4.69, 9.17) is 4.74 Å². The number of anilines is 1. The van der Waals surface area contributed by atoms with Crippen LogP contribution in [0, 0.1) is 0 Å². The molecule has 3 rings (SSSR count). The molecule has 0 saturated heterocycles. The van der Waals surface area contributed by atoms with Crippen molar-refractivity contribution < 1.29 is 17.9 Å². The molecule has 0 radical (unpaired) electrons. The molecule has 1 aromatic carbocycles. The van der Waals surface area contributed by atoms with Gasteiger partial charge < -0.3 is 9.72 Å². The first-order valence-electron chi connectivity index (χ1n) is 9.15. The Labute approximate surface area is 154 Å². The van der Waals surface area contributed by atoms with Gasteiger partial charge in [-0.25, -0.2) is 8.42 Å². The van der Waals surface area contributed by atoms with Gasteiger partial charge in [-0.05, 0) is 43.4 Å². The molecule has 142 valence electrons. The Bertz CT molecular complexity index is 898. The number of carbonyl (C=O) groups is 1. The number of hydrogen-bond acceptors (Lipinski definition) is 4. The average molecular weight is 378 g/mol. The number of benzene rings is 1. The summed E-state index contributed by atoms with van der Waals surface area (Å²) in [6.45, 7) is 4.88. The normalized spacial score (nSPS) is 15.9. The lowest BCUT2D eigenvalue weighted by molar-refractivity contribution is 0.112. The average Bonchev–Trinajstić information content (AvgIpc) is 3.31. The van der Waals surface area contributed by atoms with Gasteiger partial charge in [0.2, 0.25) is 10.0 Å². The van der Waals surface area contributed by atoms with E-state index in [0.717, 1.165) is 36.5 Å². The zero-order valence-corrected chi connectivity index (χ0v) is 16.1. The SMILES string of the molecule is CCCCOCC1(S(=O)(=O)Nc2cc(C=O)cc3c(CC)c[nH]c23)CC1. The topological polar surface area (TPSA) is 88.3 Å². The van der Waals surface area contributed by atoms with E-state index in [9.17, 15) is 13.2 Å². The van der Waals surface area contributed by atoms with E-state index in [1.165, 1.54) is 0 Å². The van der Waals surface area contributed by atoms with Crippen LogP contribution in [0.15, 0.2) is 18.3 Å². The van der Waals surface area contributed by atoms with Gasteiger partial charge in [-0.3, -0.25) is 9.52 Å². The van der Waals surface area contributed by atoms with Gasteiger partial charge in [-0.1, -0.05) is 20.3 Å². The van der Waals surface area contributed by atoms with Crippen molar-refractivity contribution in [3.63, 3.8) is 0 Å². The number of aldehydes is 1. The van der Waals surface area contributed by atoms with Crippen molar-refractivity contribution in [3.05, 3.63) is 29.5 Å². The smallest absolute Gasteiger partial charge is 0.240 e. The highest BCUT2D eigenvalue weighted by atomic mass is 32.2. The summed E-state index contributed by atoms with van der Waals surface area (Å²) in [5, 5.41) is 0.874. The molecule has 0 aliphatic heterocycles. The molecule has 2 N–H and O–H groups in total. The molecule has 0 unspecified atom stereocenters. The summed E-state index contributed by atoms with van der Waals surface area (Å²) in [6.07, 6.45) is 6.52. The monoisotopic (exact) mass is 378 g/mol. The number of hydrogen-bond donors (Lipinski definition) is 2. The fourth-order valence-corrected chi connectivity index (χ4v) is 4.68. The van der Waals surface area contributed by atoms with E-state index < -0.39 is 14.8 Å². The minimum atomic E-state index is -3.61. The van der Waals surface area contributed by atoms with Gasteiger partial charge in [0.1, 0.15) is 11.0 Å². The highest BCUT2D eigenvalue weighted by molar-refractivity contribution is 7.94. The fraction of sp³-hybridized carbons (Fsp3) is 0.526. The molecule has 26 heavy (non-hydrogen) atoms. The number of rotatable bonds is 10. The highest BCUT2D eigenvalue weighted by Gasteiger charge is 2.55. The second-order valence-electron chi connectivity index (χ2n) is 6.97. The maximum absolute atomic E-state index is 13.0. The van der Waals surface area contributed by atoms with Crippen molar-refractivity contribution in [2.24, 2.45) is 0 Å². The Morgan fingerprint density at radius 3 is 2.69 bits per heavy atom. The van der Waals surface area contributed by atoms with Crippen LogP contribution in [0.2, 0.25) is 0 Å². The van der Waals surface area contributed by atoms with Crippen molar-refractivity contribution in [2.45, 2.75) is 50.7 Å². The first-order valence-corrected chi connectivity index (χ1v) is 10.6. The summed E-state index contributed by atoms with van der Waals surface area (Å²) in [5.41, 5.74) is 2.63. The molecule has 1 aromatic heterocycles. The quantitative estimate of drug-likeness (QED) is 0.488. The van der Waals surface area contributed by atoms with Crippen molar-refractivity contribution >= 4 is 32.9 Å². The fourth-order valence-electron chi connectivity index (χ4n) is 3.14. The van der Waals surface area contributed by atoms with E-state index in [1.54, 1.807) is 12.1 Å². The van der Waals surface area contributed by atoms with Crippen molar-refractivity contribution in [1.82, 2.24) is 4.98 Å². The van der Waals surface area contributed by atoms with Crippen LogP contribution < -0.4 is 4.72 Å². The molecule has 0 bridgehead atoms. The second-order valence-corrected chi connectivity index (χ2v) is 9.05. The summed E-state index contributed by atoms with van der Waals surface area (Å²) in [7, 11) is -3.61. The van der Waals surface area contributed by atoms with Gasteiger partial charge in [0.05, 0.1) is 17.8 Å². The molecule has 1 aliphatic carbocycles. The number of ether oxygens (including phenoxy) is 1. The maximum atomic E-state index is 13.0. The zero-order valence-electron chi connectivity index (χ0n) is 15.3. The van der Waals surface area contributed by atoms with Crippen molar-refractivity contribution in [3.8, 4) is 0 Å². The Balaban J connectivity index is 1.88. The second kappa shape index (κ2) is 7.40. The van der Waals surface area contributed by atoms with Crippen LogP contribution in [-0.4, -0.2) is 37.6 Å². The van der Waals surface area contributed by atoms with Crippen LogP contribution in [-0.2, 0) is 21.2 Å². The summed E-state index contributed by atoms with van der Waals surface area (Å²) in [5.74, 6) is 0. The van der Waals surface area contributed by atoms with E-state index in [1.807, 2.05) is 13.1 Å². The molecular weight excluding hydrogens is 352 g/mol. The minimum Gasteiger partial charge on any atom is -0.380 e. The number of unbranched alkanes of at least 4 members (excludes halogenated alkanes) is 1. The first-order chi connectivity index (χ1) is 12.5. The number of aromatic amines is 1. The zero-order chi connectivity index (χ0) is 18.8. The Morgan fingerprint density at radius 1 is 1.31 bits per heavy atom. The predicted molar refractivity (Wildman–Crippen MR) is 103 cm³/mol. The van der Waals surface area contributed by atoms with Crippen LogP contribution in [0.5, 0.6) is 0 Å². The number of aromatic nitrogens is 1. The van der Waals surface area contributed by atoms with Crippen LogP contribution in [0.25, 0.3) is 10.9 Å². The van der Waals surface area contributed by atoms with E-state index in [-0.39, 0.29) is 6.61 Å². The third-order valence-electron chi connectivity index (χ3n) is 5.04. The van der Waals surface area contributed by atoms with Gasteiger partial charge in [0.25, 0.3) is 0 Å². The molecule has 1 fully saturated rings. The molecular formula is C19H26N2O4S. The van der Waals surface area contributed by atoms with Crippen molar-refractivity contribution in [1.29, 1.82) is 0 Å². The van der Waals surface area contributed by atoms with Crippen LogP contribution in [0.3, 0.4) is 0 Å². The highest BCUT2D eigenvalue weighted by Crippen LogP contribution is 2.45. The molecule has 7 heteroatoms. The Kier molecular flexibility index (Phi) is 5.39. The third kappa shape index (κ3) is 3.50. The van der Waals surface area contributed by atoms with E-state index in [2.05, 4.69) is 16.6 Å². The largest absolute Gasteiger partial charge is 0.380 e. The number of aryl methyl sites for hydroxylation is 1. The number of H-pyrrole nitrogens is 1. The van der Waals surface area contributed by atoms with Gasteiger partial charge in [-0.2, -0.15) is 0 Å². The van der Waals surface area contributed by atoms with Crippen LogP contribution in [0.1, 0.15) is 55.5 Å². The van der Waals surface area contributed by atoms with Crippen LogP contribution >= 0.6 is 0 Å². The minimum absolute atomic E-state index is 0.212. The summed E-state index contributed by atoms with van der Waals surface area (Å²) >= 11 is 0. The van der Waals surface area contributed by atoms with Gasteiger partial charge >= 0.3 is 0 Å². The summed E-state index contributed by atoms with van der Waals surface area (Å²) in [6, 6.07) is 3.37. The number of carbonyl (C=O) groups excluding carboxylic acids is 1. The van der Waals surface area contributed by atoms with E-state index >= 15 is 0 Å². The molecule has 0 spiro atoms. The molecule has 0 amide bonds. The molecule has 2 aromatic rings. The lowest BCUT2D eigenvalue weighted by atomic mass is 10.1. The Morgan fingerprint density at radius 2 is 2.08 bits per heavy atom. The van der Waals surface area contributed by atoms with Gasteiger partial charge in [-0.15, -0.1) is 0 Å². The van der Waals surface area contributed by atoms with Crippen molar-refractivity contribution in [2.75, 3.05) is 17.9 Å². The molecule has 1 saturated carbocycles. The number of fused-ring (bicyclic) bond motifs is 1. The van der Waals surface area contributed by atoms with Gasteiger partial charge in [0.15, 0.2) is 0 Å². The number of sulfonamides is 1. The first kappa shape index (κ1) is 18.9. The summed E-state index contributed by atoms with van der Waals surface area (Å²) < 4.78 is 33.4. The lowest BCUT2D eigenvalue weighted by Gasteiger charge is -2.18. The number of nitrogens with one attached hydrogen (secondary N) is 2. The van der Waals surface area contributed by atoms with E-state index in [0.29, 0.717) is 36.2 Å². The summed E-state index contributed by atoms with van der Waals surface area (Å²) in [4.78, 5) is 14.4. The molecule has 1 aliphatic rings. The lowest BCUT2D eigenvalue weighted by Crippen LogP contribution is -2.34. The molecule has 1 heterocycles. The Hall–Kier alpha value is -1.86.